The summed E-state index contributed by atoms with van der Waals surface area (Å²) in [6, 6.07) is 12.6. The maximum Gasteiger partial charge on any atom is 0.333 e. The number of hydrogen-bond acceptors (Lipinski definition) is 5. The monoisotopic (exact) mass is 329 g/mol. The third-order valence-electron chi connectivity index (χ3n) is 3.60. The summed E-state index contributed by atoms with van der Waals surface area (Å²) in [6.07, 6.45) is 0. The van der Waals surface area contributed by atoms with E-state index in [0.717, 1.165) is 11.1 Å². The van der Waals surface area contributed by atoms with Crippen LogP contribution in [0, 0.1) is 6.92 Å². The topological polar surface area (TPSA) is 56.8 Å². The Morgan fingerprint density at radius 3 is 2.12 bits per heavy atom. The summed E-state index contributed by atoms with van der Waals surface area (Å²) in [4.78, 5) is 12.4. The van der Waals surface area contributed by atoms with Gasteiger partial charge in [-0.25, -0.2) is 4.79 Å². The van der Waals surface area contributed by atoms with Gasteiger partial charge in [0, 0.05) is 23.9 Å². The molecule has 0 amide bonds. The average molecular weight is 329 g/mol. The van der Waals surface area contributed by atoms with Gasteiger partial charge in [-0.2, -0.15) is 0 Å². The van der Waals surface area contributed by atoms with Crippen molar-refractivity contribution in [2.24, 2.45) is 0 Å². The van der Waals surface area contributed by atoms with E-state index in [1.54, 1.807) is 27.2 Å². The molecular weight excluding hydrogens is 306 g/mol. The maximum atomic E-state index is 12.4. The highest BCUT2D eigenvalue weighted by Gasteiger charge is 2.22. The van der Waals surface area contributed by atoms with Crippen LogP contribution in [0.4, 0.5) is 5.69 Å². The molecule has 2 aromatic rings. The van der Waals surface area contributed by atoms with E-state index < -0.39 is 6.04 Å². The Kier molecular flexibility index (Phi) is 6.07. The minimum absolute atomic E-state index is 0.324. The second-order valence-corrected chi connectivity index (χ2v) is 5.34. The van der Waals surface area contributed by atoms with Crippen LogP contribution in [0.25, 0.3) is 0 Å². The van der Waals surface area contributed by atoms with Gasteiger partial charge in [-0.15, -0.1) is 0 Å². The summed E-state index contributed by atoms with van der Waals surface area (Å²) in [5.74, 6) is 0.954. The molecule has 1 N–H and O–H groups in total. The predicted molar refractivity (Wildman–Crippen MR) is 93.7 cm³/mol. The lowest BCUT2D eigenvalue weighted by Gasteiger charge is -2.20. The van der Waals surface area contributed by atoms with Gasteiger partial charge < -0.3 is 19.5 Å². The molecule has 1 atom stereocenters. The van der Waals surface area contributed by atoms with E-state index in [4.69, 9.17) is 14.2 Å². The molecule has 0 heterocycles. The molecule has 24 heavy (non-hydrogen) atoms. The minimum atomic E-state index is -0.609. The number of aryl methyl sites for hydroxylation is 1. The Balaban J connectivity index is 2.34. The average Bonchev–Trinajstić information content (AvgIpc) is 2.60. The molecule has 0 bridgehead atoms. The molecule has 5 heteroatoms. The number of ether oxygens (including phenoxy) is 3. The Labute approximate surface area is 142 Å². The van der Waals surface area contributed by atoms with Crippen LogP contribution >= 0.6 is 0 Å². The highest BCUT2D eigenvalue weighted by Crippen LogP contribution is 2.29. The van der Waals surface area contributed by atoms with Crippen molar-refractivity contribution in [3.8, 4) is 11.5 Å². The third-order valence-corrected chi connectivity index (χ3v) is 3.60. The second kappa shape index (κ2) is 8.24. The van der Waals surface area contributed by atoms with Crippen molar-refractivity contribution in [2.45, 2.75) is 19.9 Å². The SMILES string of the molecule is CCOC(=O)C(Nc1cc(OC)cc(OC)c1)c1ccc(C)cc1. The van der Waals surface area contributed by atoms with Gasteiger partial charge in [0.15, 0.2) is 6.04 Å². The molecule has 0 aliphatic carbocycles. The zero-order valence-corrected chi connectivity index (χ0v) is 14.5. The number of anilines is 1. The van der Waals surface area contributed by atoms with Crippen molar-refractivity contribution in [1.82, 2.24) is 0 Å². The molecule has 0 saturated carbocycles. The normalized spacial score (nSPS) is 11.5. The van der Waals surface area contributed by atoms with Crippen LogP contribution in [0.2, 0.25) is 0 Å². The van der Waals surface area contributed by atoms with E-state index >= 15 is 0 Å². The lowest BCUT2D eigenvalue weighted by Crippen LogP contribution is -2.23. The van der Waals surface area contributed by atoms with Crippen molar-refractivity contribution in [3.05, 3.63) is 53.6 Å². The molecule has 0 saturated heterocycles. The van der Waals surface area contributed by atoms with Gasteiger partial charge in [-0.1, -0.05) is 29.8 Å². The smallest absolute Gasteiger partial charge is 0.333 e. The fourth-order valence-corrected chi connectivity index (χ4v) is 2.32. The standard InChI is InChI=1S/C19H23NO4/c1-5-24-19(21)18(14-8-6-13(2)7-9-14)20-15-10-16(22-3)12-17(11-15)23-4/h6-12,18,20H,5H2,1-4H3. The highest BCUT2D eigenvalue weighted by atomic mass is 16.5. The predicted octanol–water partition coefficient (Wildman–Crippen LogP) is 3.73. The Hall–Kier alpha value is -2.69. The number of carbonyl (C=O) groups excluding carboxylic acids is 1. The number of nitrogens with one attached hydrogen (secondary N) is 1. The first-order valence-corrected chi connectivity index (χ1v) is 7.80. The van der Waals surface area contributed by atoms with E-state index in [1.807, 2.05) is 43.3 Å². The Bertz CT molecular complexity index is 660. The summed E-state index contributed by atoms with van der Waals surface area (Å²) in [5.41, 5.74) is 2.68. The molecule has 2 rings (SSSR count). The van der Waals surface area contributed by atoms with Gasteiger partial charge in [0.2, 0.25) is 0 Å². The number of rotatable bonds is 7. The fraction of sp³-hybridized carbons (Fsp3) is 0.316. The summed E-state index contributed by atoms with van der Waals surface area (Å²) >= 11 is 0. The van der Waals surface area contributed by atoms with Crippen LogP contribution in [-0.2, 0) is 9.53 Å². The first kappa shape index (κ1) is 17.7. The first-order chi connectivity index (χ1) is 11.6. The van der Waals surface area contributed by atoms with Gasteiger partial charge in [0.25, 0.3) is 0 Å². The first-order valence-electron chi connectivity index (χ1n) is 7.80. The summed E-state index contributed by atoms with van der Waals surface area (Å²) in [6.45, 7) is 4.12. The second-order valence-electron chi connectivity index (χ2n) is 5.34. The van der Waals surface area contributed by atoms with Crippen molar-refractivity contribution >= 4 is 11.7 Å². The van der Waals surface area contributed by atoms with Crippen molar-refractivity contribution in [1.29, 1.82) is 0 Å². The number of methoxy groups -OCH3 is 2. The number of benzene rings is 2. The molecule has 1 unspecified atom stereocenters. The lowest BCUT2D eigenvalue weighted by molar-refractivity contribution is -0.144. The van der Waals surface area contributed by atoms with Crippen LogP contribution in [0.1, 0.15) is 24.1 Å². The largest absolute Gasteiger partial charge is 0.497 e. The zero-order valence-electron chi connectivity index (χ0n) is 14.5. The quantitative estimate of drug-likeness (QED) is 0.785. The molecule has 0 radical (unpaired) electrons. The molecule has 0 fully saturated rings. The molecule has 0 aliphatic heterocycles. The Morgan fingerprint density at radius 1 is 1.04 bits per heavy atom. The van der Waals surface area contributed by atoms with E-state index in [0.29, 0.717) is 23.8 Å². The van der Waals surface area contributed by atoms with Gasteiger partial charge in [-0.05, 0) is 19.4 Å². The van der Waals surface area contributed by atoms with E-state index in [1.165, 1.54) is 0 Å². The molecule has 5 nitrogen and oxygen atoms in total. The number of esters is 1. The molecule has 0 aromatic heterocycles. The molecule has 128 valence electrons. The lowest BCUT2D eigenvalue weighted by atomic mass is 10.0. The maximum absolute atomic E-state index is 12.4. The fourth-order valence-electron chi connectivity index (χ4n) is 2.32. The van der Waals surface area contributed by atoms with Gasteiger partial charge >= 0.3 is 5.97 Å². The Morgan fingerprint density at radius 2 is 1.62 bits per heavy atom. The summed E-state index contributed by atoms with van der Waals surface area (Å²) < 4.78 is 15.8. The van der Waals surface area contributed by atoms with Gasteiger partial charge in [0.1, 0.15) is 11.5 Å². The summed E-state index contributed by atoms with van der Waals surface area (Å²) in [5, 5.41) is 3.21. The molecule has 0 spiro atoms. The van der Waals surface area contributed by atoms with Crippen LogP contribution in [0.5, 0.6) is 11.5 Å². The molecule has 2 aromatic carbocycles. The van der Waals surface area contributed by atoms with Crippen molar-refractivity contribution in [2.75, 3.05) is 26.1 Å². The van der Waals surface area contributed by atoms with Crippen molar-refractivity contribution in [3.63, 3.8) is 0 Å². The highest BCUT2D eigenvalue weighted by molar-refractivity contribution is 5.81. The van der Waals surface area contributed by atoms with Gasteiger partial charge in [0.05, 0.1) is 20.8 Å². The number of hydrogen-bond donors (Lipinski definition) is 1. The summed E-state index contributed by atoms with van der Waals surface area (Å²) in [7, 11) is 3.17. The van der Waals surface area contributed by atoms with E-state index in [9.17, 15) is 4.79 Å². The van der Waals surface area contributed by atoms with Crippen LogP contribution < -0.4 is 14.8 Å². The molecule has 0 aliphatic rings. The van der Waals surface area contributed by atoms with Crippen molar-refractivity contribution < 1.29 is 19.0 Å². The van der Waals surface area contributed by atoms with Crippen LogP contribution in [-0.4, -0.2) is 26.8 Å². The van der Waals surface area contributed by atoms with Crippen LogP contribution in [0.15, 0.2) is 42.5 Å². The van der Waals surface area contributed by atoms with E-state index in [2.05, 4.69) is 5.32 Å². The zero-order chi connectivity index (χ0) is 17.5. The van der Waals surface area contributed by atoms with E-state index in [-0.39, 0.29) is 5.97 Å². The third kappa shape index (κ3) is 4.41. The number of carbonyl (C=O) groups is 1. The minimum Gasteiger partial charge on any atom is -0.497 e. The molecular formula is C19H23NO4. The van der Waals surface area contributed by atoms with Crippen LogP contribution in [0.3, 0.4) is 0 Å². The van der Waals surface area contributed by atoms with Gasteiger partial charge in [-0.3, -0.25) is 0 Å².